The van der Waals surface area contributed by atoms with Crippen molar-refractivity contribution in [2.45, 2.75) is 45.7 Å². The van der Waals surface area contributed by atoms with Gasteiger partial charge in [-0.05, 0) is 39.2 Å². The van der Waals surface area contributed by atoms with Gasteiger partial charge < -0.3 is 9.32 Å². The molecule has 0 aliphatic heterocycles. The number of rotatable bonds is 8. The van der Waals surface area contributed by atoms with Crippen molar-refractivity contribution in [3.8, 4) is 0 Å². The largest absolute Gasteiger partial charge is 0.468 e. The van der Waals surface area contributed by atoms with Gasteiger partial charge in [-0.15, -0.1) is 0 Å². The Kier molecular flexibility index (Phi) is 6.02. The fourth-order valence-electron chi connectivity index (χ4n) is 2.77. The quantitative estimate of drug-likeness (QED) is 0.811. The zero-order chi connectivity index (χ0) is 16.9. The van der Waals surface area contributed by atoms with Crippen LogP contribution in [-0.2, 0) is 18.5 Å². The molecule has 0 spiro atoms. The Morgan fingerprint density at radius 1 is 1.17 bits per heavy atom. The van der Waals surface area contributed by atoms with Crippen molar-refractivity contribution < 1.29 is 4.42 Å². The molecule has 23 heavy (non-hydrogen) atoms. The molecule has 0 radical (unpaired) electrons. The summed E-state index contributed by atoms with van der Waals surface area (Å²) < 4.78 is 5.53. The van der Waals surface area contributed by atoms with Crippen LogP contribution in [0, 0.1) is 0 Å². The van der Waals surface area contributed by atoms with Crippen LogP contribution in [0.1, 0.15) is 44.2 Å². The van der Waals surface area contributed by atoms with Gasteiger partial charge in [0.2, 0.25) is 0 Å². The second-order valence-corrected chi connectivity index (χ2v) is 7.47. The first-order chi connectivity index (χ1) is 10.9. The highest BCUT2D eigenvalue weighted by Crippen LogP contribution is 2.24. The molecule has 5 nitrogen and oxygen atoms in total. The number of aromatic amines is 1. The van der Waals surface area contributed by atoms with Crippen LogP contribution in [0.3, 0.4) is 0 Å². The lowest BCUT2D eigenvalue weighted by atomic mass is 9.89. The summed E-state index contributed by atoms with van der Waals surface area (Å²) >= 11 is 0. The normalized spacial score (nSPS) is 12.5. The number of nitrogens with zero attached hydrogens (tertiary/aromatic N) is 3. The first-order valence-electron chi connectivity index (χ1n) is 8.28. The Morgan fingerprint density at radius 3 is 2.57 bits per heavy atom. The fourth-order valence-corrected chi connectivity index (χ4v) is 2.77. The molecule has 0 amide bonds. The van der Waals surface area contributed by atoms with Crippen LogP contribution < -0.4 is 0 Å². The number of hydrogen-bond donors (Lipinski definition) is 1. The minimum atomic E-state index is 0.0752. The van der Waals surface area contributed by atoms with Gasteiger partial charge in [-0.25, -0.2) is 0 Å². The van der Waals surface area contributed by atoms with E-state index in [4.69, 9.17) is 4.42 Å². The first-order valence-corrected chi connectivity index (χ1v) is 8.28. The molecule has 0 bridgehead atoms. The van der Waals surface area contributed by atoms with E-state index in [9.17, 15) is 0 Å². The summed E-state index contributed by atoms with van der Waals surface area (Å²) in [6.45, 7) is 10.5. The number of nitrogens with one attached hydrogen (secondary N) is 1. The van der Waals surface area contributed by atoms with Crippen LogP contribution in [0.5, 0.6) is 0 Å². The lowest BCUT2D eigenvalue weighted by Gasteiger charge is -2.24. The zero-order valence-electron chi connectivity index (χ0n) is 15.1. The highest BCUT2D eigenvalue weighted by molar-refractivity contribution is 5.23. The second kappa shape index (κ2) is 7.79. The number of furan rings is 1. The third-order valence-corrected chi connectivity index (χ3v) is 3.90. The van der Waals surface area contributed by atoms with Crippen LogP contribution in [0.2, 0.25) is 0 Å². The van der Waals surface area contributed by atoms with E-state index in [1.54, 1.807) is 6.26 Å². The molecule has 0 unspecified atom stereocenters. The molecule has 0 saturated heterocycles. The maximum atomic E-state index is 5.53. The predicted octanol–water partition coefficient (Wildman–Crippen LogP) is 3.25. The smallest absolute Gasteiger partial charge is 0.117 e. The van der Waals surface area contributed by atoms with Crippen molar-refractivity contribution >= 4 is 0 Å². The van der Waals surface area contributed by atoms with E-state index in [-0.39, 0.29) is 5.41 Å². The predicted molar refractivity (Wildman–Crippen MR) is 93.3 cm³/mol. The average Bonchev–Trinajstić information content (AvgIpc) is 3.08. The SMILES string of the molecule is CN(C)CCCN(Cc1ccco1)Cc1cn[nH]c1C(C)(C)C. The molecule has 5 heteroatoms. The maximum Gasteiger partial charge on any atom is 0.117 e. The van der Waals surface area contributed by atoms with E-state index in [0.29, 0.717) is 0 Å². The van der Waals surface area contributed by atoms with Crippen LogP contribution in [-0.4, -0.2) is 47.2 Å². The summed E-state index contributed by atoms with van der Waals surface area (Å²) in [6.07, 6.45) is 4.84. The zero-order valence-corrected chi connectivity index (χ0v) is 15.1. The summed E-state index contributed by atoms with van der Waals surface area (Å²) in [4.78, 5) is 4.66. The molecule has 0 aliphatic carbocycles. The highest BCUT2D eigenvalue weighted by Gasteiger charge is 2.21. The van der Waals surface area contributed by atoms with Gasteiger partial charge in [-0.3, -0.25) is 10.00 Å². The Morgan fingerprint density at radius 2 is 1.96 bits per heavy atom. The molecule has 0 atom stereocenters. The standard InChI is InChI=1S/C18H30N4O/c1-18(2,3)17-15(12-19-20-17)13-22(10-7-9-21(4)5)14-16-8-6-11-23-16/h6,8,11-12H,7,9-10,13-14H2,1-5H3,(H,19,20). The van der Waals surface area contributed by atoms with E-state index in [0.717, 1.165) is 38.4 Å². The maximum absolute atomic E-state index is 5.53. The van der Waals surface area contributed by atoms with E-state index in [1.165, 1.54) is 11.3 Å². The van der Waals surface area contributed by atoms with Crippen LogP contribution in [0.4, 0.5) is 0 Å². The van der Waals surface area contributed by atoms with Gasteiger partial charge in [0.1, 0.15) is 5.76 Å². The van der Waals surface area contributed by atoms with Crippen LogP contribution in [0.25, 0.3) is 0 Å². The summed E-state index contributed by atoms with van der Waals surface area (Å²) in [5.74, 6) is 1.01. The second-order valence-electron chi connectivity index (χ2n) is 7.47. The molecule has 0 aromatic carbocycles. The van der Waals surface area contributed by atoms with Crippen LogP contribution in [0.15, 0.2) is 29.0 Å². The number of hydrogen-bond acceptors (Lipinski definition) is 4. The van der Waals surface area contributed by atoms with Crippen molar-refractivity contribution in [2.75, 3.05) is 27.2 Å². The van der Waals surface area contributed by atoms with E-state index in [1.807, 2.05) is 18.3 Å². The molecule has 1 N–H and O–H groups in total. The minimum absolute atomic E-state index is 0.0752. The summed E-state index contributed by atoms with van der Waals surface area (Å²) in [5.41, 5.74) is 2.56. The van der Waals surface area contributed by atoms with E-state index < -0.39 is 0 Å². The van der Waals surface area contributed by atoms with E-state index in [2.05, 4.69) is 54.9 Å². The molecule has 2 aromatic rings. The van der Waals surface area contributed by atoms with Crippen molar-refractivity contribution in [3.05, 3.63) is 41.6 Å². The fraction of sp³-hybridized carbons (Fsp3) is 0.611. The molecule has 2 rings (SSSR count). The van der Waals surface area contributed by atoms with Gasteiger partial charge in [0.25, 0.3) is 0 Å². The third-order valence-electron chi connectivity index (χ3n) is 3.90. The van der Waals surface area contributed by atoms with Gasteiger partial charge in [-0.2, -0.15) is 5.10 Å². The molecular formula is C18H30N4O. The molecule has 2 heterocycles. The molecule has 0 aliphatic rings. The average molecular weight is 318 g/mol. The molecule has 2 aromatic heterocycles. The molecule has 0 saturated carbocycles. The van der Waals surface area contributed by atoms with Gasteiger partial charge in [0.05, 0.1) is 19.0 Å². The topological polar surface area (TPSA) is 48.3 Å². The summed E-state index contributed by atoms with van der Waals surface area (Å²) in [6, 6.07) is 3.99. The number of H-pyrrole nitrogens is 1. The lowest BCUT2D eigenvalue weighted by molar-refractivity contribution is 0.221. The Bertz CT molecular complexity index is 566. The summed E-state index contributed by atoms with van der Waals surface area (Å²) in [5, 5.41) is 7.44. The third kappa shape index (κ3) is 5.52. The molecule has 128 valence electrons. The lowest BCUT2D eigenvalue weighted by Crippen LogP contribution is -2.28. The van der Waals surface area contributed by atoms with Crippen molar-refractivity contribution in [1.82, 2.24) is 20.0 Å². The molecule has 0 fully saturated rings. The molecular weight excluding hydrogens is 288 g/mol. The van der Waals surface area contributed by atoms with Crippen molar-refractivity contribution in [2.24, 2.45) is 0 Å². The van der Waals surface area contributed by atoms with Gasteiger partial charge in [0.15, 0.2) is 0 Å². The Labute approximate surface area is 139 Å². The van der Waals surface area contributed by atoms with Crippen LogP contribution >= 0.6 is 0 Å². The minimum Gasteiger partial charge on any atom is -0.468 e. The Balaban J connectivity index is 2.06. The Hall–Kier alpha value is -1.59. The number of aromatic nitrogens is 2. The van der Waals surface area contributed by atoms with Crippen molar-refractivity contribution in [3.63, 3.8) is 0 Å². The van der Waals surface area contributed by atoms with Gasteiger partial charge in [-0.1, -0.05) is 20.8 Å². The van der Waals surface area contributed by atoms with E-state index >= 15 is 0 Å². The first kappa shape index (κ1) is 17.8. The highest BCUT2D eigenvalue weighted by atomic mass is 16.3. The van der Waals surface area contributed by atoms with Gasteiger partial charge in [0, 0.05) is 29.8 Å². The monoisotopic (exact) mass is 318 g/mol. The van der Waals surface area contributed by atoms with Gasteiger partial charge >= 0.3 is 0 Å². The van der Waals surface area contributed by atoms with Crippen molar-refractivity contribution in [1.29, 1.82) is 0 Å². The summed E-state index contributed by atoms with van der Waals surface area (Å²) in [7, 11) is 4.23.